The first kappa shape index (κ1) is 21.8. The Labute approximate surface area is 178 Å². The van der Waals surface area contributed by atoms with E-state index in [2.05, 4.69) is 4.98 Å². The van der Waals surface area contributed by atoms with Gasteiger partial charge in [-0.3, -0.25) is 23.9 Å². The molecule has 0 fully saturated rings. The lowest BCUT2D eigenvalue weighted by molar-refractivity contribution is -0.141. The summed E-state index contributed by atoms with van der Waals surface area (Å²) < 4.78 is 6.15. The van der Waals surface area contributed by atoms with Crippen LogP contribution in [0.15, 0.2) is 64.2 Å². The average molecular weight is 421 g/mol. The quantitative estimate of drug-likeness (QED) is 0.424. The Morgan fingerprint density at radius 3 is 2.29 bits per heavy atom. The molecule has 0 unspecified atom stereocenters. The molecule has 0 amide bonds. The SMILES string of the molecule is CCCn1c(N)c(C(=O)COC(=O)Cc2ccc(-c3ccccc3)cc2)c(=O)[nH]c1=O. The molecular formula is C23H23N3O5. The minimum atomic E-state index is -0.896. The number of ether oxygens (including phenoxy) is 1. The highest BCUT2D eigenvalue weighted by Gasteiger charge is 2.20. The lowest BCUT2D eigenvalue weighted by Crippen LogP contribution is -2.37. The van der Waals surface area contributed by atoms with Crippen LogP contribution in [0.5, 0.6) is 0 Å². The second-order valence-electron chi connectivity index (χ2n) is 6.99. The highest BCUT2D eigenvalue weighted by molar-refractivity contribution is 6.01. The van der Waals surface area contributed by atoms with Gasteiger partial charge in [0.15, 0.2) is 6.61 Å². The maximum Gasteiger partial charge on any atom is 0.329 e. The zero-order valence-electron chi connectivity index (χ0n) is 17.1. The van der Waals surface area contributed by atoms with Gasteiger partial charge in [-0.2, -0.15) is 0 Å². The van der Waals surface area contributed by atoms with Crippen LogP contribution in [0.1, 0.15) is 29.3 Å². The van der Waals surface area contributed by atoms with E-state index >= 15 is 0 Å². The summed E-state index contributed by atoms with van der Waals surface area (Å²) in [5, 5.41) is 0. The van der Waals surface area contributed by atoms with Crippen molar-refractivity contribution in [3.05, 3.63) is 86.6 Å². The Morgan fingerprint density at radius 1 is 1.00 bits per heavy atom. The Bertz CT molecular complexity index is 1190. The summed E-state index contributed by atoms with van der Waals surface area (Å²) in [4.78, 5) is 50.5. The first-order valence-corrected chi connectivity index (χ1v) is 9.86. The van der Waals surface area contributed by atoms with Gasteiger partial charge in [0.1, 0.15) is 11.4 Å². The van der Waals surface area contributed by atoms with Crippen molar-refractivity contribution in [3.63, 3.8) is 0 Å². The number of aromatic amines is 1. The number of anilines is 1. The molecule has 31 heavy (non-hydrogen) atoms. The Kier molecular flexibility index (Phi) is 6.81. The molecule has 0 bridgehead atoms. The number of hydrogen-bond donors (Lipinski definition) is 2. The van der Waals surface area contributed by atoms with Gasteiger partial charge < -0.3 is 10.5 Å². The maximum absolute atomic E-state index is 12.4. The number of carbonyl (C=O) groups is 2. The molecule has 3 rings (SSSR count). The maximum atomic E-state index is 12.4. The van der Waals surface area contributed by atoms with Crippen LogP contribution in [0.2, 0.25) is 0 Å². The third-order valence-electron chi connectivity index (χ3n) is 4.74. The zero-order chi connectivity index (χ0) is 22.4. The van der Waals surface area contributed by atoms with Gasteiger partial charge in [-0.1, -0.05) is 61.5 Å². The highest BCUT2D eigenvalue weighted by atomic mass is 16.5. The summed E-state index contributed by atoms with van der Waals surface area (Å²) in [6, 6.07) is 17.3. The fourth-order valence-corrected chi connectivity index (χ4v) is 3.18. The van der Waals surface area contributed by atoms with E-state index in [-0.39, 0.29) is 24.3 Å². The number of nitrogens with two attached hydrogens (primary N) is 1. The van der Waals surface area contributed by atoms with Crippen molar-refractivity contribution in [1.29, 1.82) is 0 Å². The standard InChI is InChI=1S/C23H23N3O5/c1-2-12-26-21(24)20(22(29)25-23(26)30)18(27)14-31-19(28)13-15-8-10-17(11-9-15)16-6-4-3-5-7-16/h3-11H,2,12-14,24H2,1H3,(H,25,29,30). The van der Waals surface area contributed by atoms with Gasteiger partial charge in [-0.25, -0.2) is 4.79 Å². The van der Waals surface area contributed by atoms with Crippen LogP contribution in [0, 0.1) is 0 Å². The number of nitrogens with one attached hydrogen (secondary N) is 1. The van der Waals surface area contributed by atoms with Gasteiger partial charge in [0.05, 0.1) is 6.42 Å². The molecular weight excluding hydrogens is 398 g/mol. The molecule has 1 aromatic heterocycles. The molecule has 0 atom stereocenters. The fraction of sp³-hybridized carbons (Fsp3) is 0.217. The Morgan fingerprint density at radius 2 is 1.65 bits per heavy atom. The summed E-state index contributed by atoms with van der Waals surface area (Å²) in [5.41, 5.74) is 6.70. The van der Waals surface area contributed by atoms with E-state index in [1.54, 1.807) is 0 Å². The van der Waals surface area contributed by atoms with Crippen molar-refractivity contribution in [2.75, 3.05) is 12.3 Å². The van der Waals surface area contributed by atoms with E-state index in [1.165, 1.54) is 0 Å². The van der Waals surface area contributed by atoms with Crippen molar-refractivity contribution >= 4 is 17.6 Å². The number of Topliss-reactive ketones (excluding diaryl/α,β-unsaturated/α-hetero) is 1. The molecule has 0 spiro atoms. The van der Waals surface area contributed by atoms with Gasteiger partial charge in [-0.15, -0.1) is 0 Å². The molecule has 2 aromatic carbocycles. The van der Waals surface area contributed by atoms with Crippen LogP contribution < -0.4 is 17.0 Å². The lowest BCUT2D eigenvalue weighted by Gasteiger charge is -2.11. The van der Waals surface area contributed by atoms with Crippen molar-refractivity contribution in [1.82, 2.24) is 9.55 Å². The summed E-state index contributed by atoms with van der Waals surface area (Å²) in [6.45, 7) is 1.44. The molecule has 0 aliphatic carbocycles. The van der Waals surface area contributed by atoms with Crippen molar-refractivity contribution in [2.45, 2.75) is 26.3 Å². The molecule has 160 valence electrons. The molecule has 3 aromatic rings. The Balaban J connectivity index is 1.64. The van der Waals surface area contributed by atoms with Gasteiger partial charge in [0.2, 0.25) is 5.78 Å². The third kappa shape index (κ3) is 5.16. The van der Waals surface area contributed by atoms with Crippen LogP contribution in [-0.2, 0) is 22.5 Å². The molecule has 0 saturated carbocycles. The predicted molar refractivity (Wildman–Crippen MR) is 117 cm³/mol. The Hall–Kier alpha value is -3.94. The van der Waals surface area contributed by atoms with E-state index < -0.39 is 29.6 Å². The number of ketones is 1. The van der Waals surface area contributed by atoms with Crippen molar-refractivity contribution in [3.8, 4) is 11.1 Å². The molecule has 0 radical (unpaired) electrons. The number of aromatic nitrogens is 2. The average Bonchev–Trinajstić information content (AvgIpc) is 2.76. The molecule has 0 saturated heterocycles. The van der Waals surface area contributed by atoms with Crippen LogP contribution in [0.25, 0.3) is 11.1 Å². The van der Waals surface area contributed by atoms with E-state index in [0.29, 0.717) is 6.42 Å². The third-order valence-corrected chi connectivity index (χ3v) is 4.74. The molecule has 1 heterocycles. The zero-order valence-corrected chi connectivity index (χ0v) is 17.1. The summed E-state index contributed by atoms with van der Waals surface area (Å²) in [5.74, 6) is -1.61. The van der Waals surface area contributed by atoms with Gasteiger partial charge in [-0.05, 0) is 23.1 Å². The largest absolute Gasteiger partial charge is 0.457 e. The number of rotatable bonds is 8. The van der Waals surface area contributed by atoms with Crippen molar-refractivity contribution < 1.29 is 14.3 Å². The lowest BCUT2D eigenvalue weighted by atomic mass is 10.0. The minimum Gasteiger partial charge on any atom is -0.457 e. The van der Waals surface area contributed by atoms with E-state index in [4.69, 9.17) is 10.5 Å². The van der Waals surface area contributed by atoms with Gasteiger partial charge >= 0.3 is 11.7 Å². The number of H-pyrrole nitrogens is 1. The van der Waals surface area contributed by atoms with E-state index in [0.717, 1.165) is 21.3 Å². The predicted octanol–water partition coefficient (Wildman–Crippen LogP) is 2.16. The molecule has 0 aliphatic heterocycles. The number of benzene rings is 2. The molecule has 8 heteroatoms. The van der Waals surface area contributed by atoms with Crippen LogP contribution in [0.3, 0.4) is 0 Å². The van der Waals surface area contributed by atoms with Gasteiger partial charge in [0, 0.05) is 6.54 Å². The first-order chi connectivity index (χ1) is 14.9. The van der Waals surface area contributed by atoms with E-state index in [1.807, 2.05) is 61.5 Å². The summed E-state index contributed by atoms with van der Waals surface area (Å²) >= 11 is 0. The van der Waals surface area contributed by atoms with Crippen LogP contribution in [-0.4, -0.2) is 27.9 Å². The molecule has 0 aliphatic rings. The minimum absolute atomic E-state index is 0.0243. The normalized spacial score (nSPS) is 10.6. The smallest absolute Gasteiger partial charge is 0.329 e. The number of nitrogens with zero attached hydrogens (tertiary/aromatic N) is 1. The van der Waals surface area contributed by atoms with Crippen LogP contribution >= 0.6 is 0 Å². The number of carbonyl (C=O) groups excluding carboxylic acids is 2. The number of nitrogen functional groups attached to an aromatic ring is 1. The fourth-order valence-electron chi connectivity index (χ4n) is 3.18. The van der Waals surface area contributed by atoms with Crippen molar-refractivity contribution in [2.24, 2.45) is 0 Å². The second-order valence-corrected chi connectivity index (χ2v) is 6.99. The summed E-state index contributed by atoms with van der Waals surface area (Å²) in [7, 11) is 0. The van der Waals surface area contributed by atoms with E-state index in [9.17, 15) is 19.2 Å². The first-order valence-electron chi connectivity index (χ1n) is 9.86. The number of esters is 1. The highest BCUT2D eigenvalue weighted by Crippen LogP contribution is 2.19. The second kappa shape index (κ2) is 9.71. The van der Waals surface area contributed by atoms with Gasteiger partial charge in [0.25, 0.3) is 5.56 Å². The number of hydrogen-bond acceptors (Lipinski definition) is 6. The molecule has 8 nitrogen and oxygen atoms in total. The van der Waals surface area contributed by atoms with Crippen LogP contribution in [0.4, 0.5) is 5.82 Å². The monoisotopic (exact) mass is 421 g/mol. The summed E-state index contributed by atoms with van der Waals surface area (Å²) in [6.07, 6.45) is 0.561. The topological polar surface area (TPSA) is 124 Å². The molecule has 3 N–H and O–H groups in total.